The smallest absolute Gasteiger partial charge is 0.259 e. The number of aryl methyl sites for hydroxylation is 2. The zero-order valence-electron chi connectivity index (χ0n) is 15.5. The number of amides is 1. The summed E-state index contributed by atoms with van der Waals surface area (Å²) in [4.78, 5) is 19.8. The SMILES string of the molecule is Cc1ccc(-c2noc3nc(C)cc(C(=O)N4CCCCC4C)c23)cc1. The molecule has 0 N–H and O–H groups in total. The summed E-state index contributed by atoms with van der Waals surface area (Å²) in [7, 11) is 0. The first-order chi connectivity index (χ1) is 12.5. The van der Waals surface area contributed by atoms with Gasteiger partial charge in [0, 0.05) is 23.8 Å². The summed E-state index contributed by atoms with van der Waals surface area (Å²) < 4.78 is 5.49. The van der Waals surface area contributed by atoms with E-state index in [1.54, 1.807) is 0 Å². The molecule has 1 saturated heterocycles. The lowest BCUT2D eigenvalue weighted by atomic mass is 9.99. The molecule has 1 aliphatic rings. The van der Waals surface area contributed by atoms with Gasteiger partial charge >= 0.3 is 0 Å². The average molecular weight is 349 g/mol. The number of pyridine rings is 1. The second-order valence-corrected chi connectivity index (χ2v) is 7.23. The van der Waals surface area contributed by atoms with Crippen LogP contribution in [-0.2, 0) is 0 Å². The van der Waals surface area contributed by atoms with Crippen molar-refractivity contribution in [3.05, 3.63) is 47.2 Å². The number of aromatic nitrogens is 2. The van der Waals surface area contributed by atoms with E-state index in [1.807, 2.05) is 49.1 Å². The average Bonchev–Trinajstić information content (AvgIpc) is 3.05. The Morgan fingerprint density at radius 3 is 2.69 bits per heavy atom. The fraction of sp³-hybridized carbons (Fsp3) is 0.381. The van der Waals surface area contributed by atoms with Crippen LogP contribution in [0.2, 0.25) is 0 Å². The normalized spacial score (nSPS) is 17.7. The molecule has 26 heavy (non-hydrogen) atoms. The monoisotopic (exact) mass is 349 g/mol. The lowest BCUT2D eigenvalue weighted by molar-refractivity contribution is 0.0637. The Kier molecular flexibility index (Phi) is 4.23. The van der Waals surface area contributed by atoms with E-state index in [9.17, 15) is 4.79 Å². The number of likely N-dealkylation sites (tertiary alicyclic amines) is 1. The molecule has 0 spiro atoms. The van der Waals surface area contributed by atoms with Crippen molar-refractivity contribution in [3.8, 4) is 11.3 Å². The van der Waals surface area contributed by atoms with Crippen LogP contribution in [0.5, 0.6) is 0 Å². The highest BCUT2D eigenvalue weighted by molar-refractivity contribution is 6.09. The van der Waals surface area contributed by atoms with Crippen LogP contribution in [0.25, 0.3) is 22.4 Å². The lowest BCUT2D eigenvalue weighted by Gasteiger charge is -2.33. The molecule has 0 aliphatic carbocycles. The Bertz CT molecular complexity index is 959. The van der Waals surface area contributed by atoms with Gasteiger partial charge in [-0.2, -0.15) is 0 Å². The van der Waals surface area contributed by atoms with Crippen molar-refractivity contribution in [1.82, 2.24) is 15.0 Å². The maximum Gasteiger partial charge on any atom is 0.259 e. The molecule has 0 saturated carbocycles. The zero-order valence-corrected chi connectivity index (χ0v) is 15.5. The van der Waals surface area contributed by atoms with Gasteiger partial charge < -0.3 is 9.42 Å². The third-order valence-corrected chi connectivity index (χ3v) is 5.19. The van der Waals surface area contributed by atoms with Gasteiger partial charge in [0.2, 0.25) is 0 Å². The molecule has 5 nitrogen and oxygen atoms in total. The highest BCUT2D eigenvalue weighted by Gasteiger charge is 2.28. The van der Waals surface area contributed by atoms with E-state index >= 15 is 0 Å². The van der Waals surface area contributed by atoms with Crippen LogP contribution in [0.4, 0.5) is 0 Å². The van der Waals surface area contributed by atoms with Gasteiger partial charge in [-0.1, -0.05) is 35.0 Å². The third-order valence-electron chi connectivity index (χ3n) is 5.19. The Morgan fingerprint density at radius 2 is 1.96 bits per heavy atom. The third kappa shape index (κ3) is 2.87. The summed E-state index contributed by atoms with van der Waals surface area (Å²) in [6.07, 6.45) is 3.28. The molecule has 2 aromatic heterocycles. The van der Waals surface area contributed by atoms with Gasteiger partial charge in [0.1, 0.15) is 5.69 Å². The molecule has 3 heterocycles. The number of fused-ring (bicyclic) bond motifs is 1. The summed E-state index contributed by atoms with van der Waals surface area (Å²) in [5.41, 5.74) is 4.61. The van der Waals surface area contributed by atoms with Crippen molar-refractivity contribution in [2.45, 2.75) is 46.1 Å². The molecule has 1 amide bonds. The van der Waals surface area contributed by atoms with Crippen LogP contribution >= 0.6 is 0 Å². The minimum absolute atomic E-state index is 0.0456. The molecule has 1 aliphatic heterocycles. The lowest BCUT2D eigenvalue weighted by Crippen LogP contribution is -2.42. The maximum absolute atomic E-state index is 13.3. The van der Waals surface area contributed by atoms with Gasteiger partial charge in [0.25, 0.3) is 11.6 Å². The molecular formula is C21H23N3O2. The fourth-order valence-corrected chi connectivity index (χ4v) is 3.71. The number of nitrogens with zero attached hydrogens (tertiary/aromatic N) is 3. The van der Waals surface area contributed by atoms with Gasteiger partial charge in [0.15, 0.2) is 0 Å². The standard InChI is InChI=1S/C21H23N3O2/c1-13-7-9-16(10-8-13)19-18-17(12-14(2)22-20(18)26-23-19)21(25)24-11-5-4-6-15(24)3/h7-10,12,15H,4-6,11H2,1-3H3. The minimum Gasteiger partial charge on any atom is -0.336 e. The van der Waals surface area contributed by atoms with Crippen LogP contribution in [0.1, 0.15) is 47.8 Å². The number of carbonyl (C=O) groups is 1. The van der Waals surface area contributed by atoms with Gasteiger partial charge in [0.05, 0.1) is 10.9 Å². The van der Waals surface area contributed by atoms with Crippen molar-refractivity contribution in [1.29, 1.82) is 0 Å². The molecule has 0 bridgehead atoms. The highest BCUT2D eigenvalue weighted by Crippen LogP contribution is 2.32. The number of hydrogen-bond donors (Lipinski definition) is 0. The summed E-state index contributed by atoms with van der Waals surface area (Å²) in [6, 6.07) is 10.2. The van der Waals surface area contributed by atoms with E-state index in [1.165, 1.54) is 12.0 Å². The predicted octanol–water partition coefficient (Wildman–Crippen LogP) is 4.52. The Hall–Kier alpha value is -2.69. The van der Waals surface area contributed by atoms with Crippen molar-refractivity contribution in [2.75, 3.05) is 6.54 Å². The van der Waals surface area contributed by atoms with Crippen LogP contribution in [0.3, 0.4) is 0 Å². The topological polar surface area (TPSA) is 59.2 Å². The van der Waals surface area contributed by atoms with Crippen molar-refractivity contribution in [3.63, 3.8) is 0 Å². The number of rotatable bonds is 2. The molecular weight excluding hydrogens is 326 g/mol. The Balaban J connectivity index is 1.87. The summed E-state index contributed by atoms with van der Waals surface area (Å²) in [5, 5.41) is 4.95. The summed E-state index contributed by atoms with van der Waals surface area (Å²) in [5.74, 6) is 0.0456. The highest BCUT2D eigenvalue weighted by atomic mass is 16.5. The number of benzene rings is 1. The van der Waals surface area contributed by atoms with Gasteiger partial charge in [-0.15, -0.1) is 0 Å². The predicted molar refractivity (Wildman–Crippen MR) is 101 cm³/mol. The van der Waals surface area contributed by atoms with Crippen molar-refractivity contribution >= 4 is 17.0 Å². The van der Waals surface area contributed by atoms with E-state index in [0.29, 0.717) is 22.4 Å². The number of piperidine rings is 1. The van der Waals surface area contributed by atoms with E-state index < -0.39 is 0 Å². The van der Waals surface area contributed by atoms with E-state index in [4.69, 9.17) is 4.52 Å². The summed E-state index contributed by atoms with van der Waals surface area (Å²) >= 11 is 0. The second-order valence-electron chi connectivity index (χ2n) is 7.23. The van der Waals surface area contributed by atoms with Crippen molar-refractivity contribution in [2.24, 2.45) is 0 Å². The first kappa shape index (κ1) is 16.8. The number of hydrogen-bond acceptors (Lipinski definition) is 4. The fourth-order valence-electron chi connectivity index (χ4n) is 3.71. The summed E-state index contributed by atoms with van der Waals surface area (Å²) in [6.45, 7) is 6.84. The quantitative estimate of drug-likeness (QED) is 0.682. The molecule has 4 rings (SSSR count). The molecule has 0 radical (unpaired) electrons. The van der Waals surface area contributed by atoms with Crippen LogP contribution in [-0.4, -0.2) is 33.5 Å². The van der Waals surface area contributed by atoms with Crippen LogP contribution in [0.15, 0.2) is 34.9 Å². The first-order valence-corrected chi connectivity index (χ1v) is 9.19. The number of carbonyl (C=O) groups excluding carboxylic acids is 1. The Morgan fingerprint density at radius 1 is 1.19 bits per heavy atom. The minimum atomic E-state index is 0.0456. The second kappa shape index (κ2) is 6.56. The van der Waals surface area contributed by atoms with E-state index in [2.05, 4.69) is 17.1 Å². The molecule has 1 atom stereocenters. The van der Waals surface area contributed by atoms with Gasteiger partial charge in [-0.05, 0) is 46.1 Å². The molecule has 1 aromatic carbocycles. The largest absolute Gasteiger partial charge is 0.336 e. The van der Waals surface area contributed by atoms with E-state index in [-0.39, 0.29) is 11.9 Å². The molecule has 1 unspecified atom stereocenters. The molecule has 3 aromatic rings. The molecule has 1 fully saturated rings. The van der Waals surface area contributed by atoms with Crippen molar-refractivity contribution < 1.29 is 9.32 Å². The zero-order chi connectivity index (χ0) is 18.3. The molecule has 134 valence electrons. The molecule has 5 heteroatoms. The van der Waals surface area contributed by atoms with Crippen LogP contribution in [0, 0.1) is 13.8 Å². The van der Waals surface area contributed by atoms with Gasteiger partial charge in [-0.25, -0.2) is 4.98 Å². The van der Waals surface area contributed by atoms with E-state index in [0.717, 1.165) is 30.6 Å². The van der Waals surface area contributed by atoms with Crippen LogP contribution < -0.4 is 0 Å². The first-order valence-electron chi connectivity index (χ1n) is 9.19. The maximum atomic E-state index is 13.3. The van der Waals surface area contributed by atoms with Gasteiger partial charge in [-0.3, -0.25) is 4.79 Å². The Labute approximate surface area is 153 Å².